The highest BCUT2D eigenvalue weighted by Crippen LogP contribution is 2.45. The fraction of sp³-hybridized carbons (Fsp3) is 1.00. The summed E-state index contributed by atoms with van der Waals surface area (Å²) in [7, 11) is 0. The van der Waals surface area contributed by atoms with Gasteiger partial charge in [0.2, 0.25) is 0 Å². The van der Waals surface area contributed by atoms with E-state index in [1.54, 1.807) is 0 Å². The van der Waals surface area contributed by atoms with Crippen LogP contribution in [0.4, 0.5) is 0 Å². The summed E-state index contributed by atoms with van der Waals surface area (Å²) in [6.07, 6.45) is 16.3. The van der Waals surface area contributed by atoms with E-state index in [-0.39, 0.29) is 0 Å². The molecule has 0 aromatic heterocycles. The number of piperidine rings is 1. The first-order valence-corrected chi connectivity index (χ1v) is 9.30. The van der Waals surface area contributed by atoms with E-state index in [2.05, 4.69) is 17.1 Å². The molecule has 20 heavy (non-hydrogen) atoms. The molecule has 0 aromatic carbocycles. The molecule has 2 atom stereocenters. The van der Waals surface area contributed by atoms with Gasteiger partial charge in [-0.1, -0.05) is 39.0 Å². The minimum Gasteiger partial charge on any atom is -0.313 e. The minimum atomic E-state index is 0.761. The van der Waals surface area contributed by atoms with Gasteiger partial charge in [0.25, 0.3) is 0 Å². The van der Waals surface area contributed by atoms with Crippen molar-refractivity contribution >= 4 is 0 Å². The summed E-state index contributed by atoms with van der Waals surface area (Å²) in [6, 6.07) is 1.61. The molecule has 1 spiro atoms. The number of rotatable bonds is 3. The van der Waals surface area contributed by atoms with Crippen molar-refractivity contribution in [3.8, 4) is 0 Å². The van der Waals surface area contributed by atoms with Gasteiger partial charge < -0.3 is 5.32 Å². The topological polar surface area (TPSA) is 15.3 Å². The molecule has 1 aliphatic heterocycles. The summed E-state index contributed by atoms with van der Waals surface area (Å²) < 4.78 is 0. The van der Waals surface area contributed by atoms with E-state index in [1.165, 1.54) is 83.7 Å². The minimum absolute atomic E-state index is 0.761. The maximum atomic E-state index is 3.76. The van der Waals surface area contributed by atoms with Crippen molar-refractivity contribution in [2.75, 3.05) is 19.6 Å². The Labute approximate surface area is 125 Å². The van der Waals surface area contributed by atoms with E-state index >= 15 is 0 Å². The Kier molecular flexibility index (Phi) is 5.04. The second-order valence-corrected chi connectivity index (χ2v) is 7.61. The molecule has 3 fully saturated rings. The molecule has 0 bridgehead atoms. The number of hydrogen-bond donors (Lipinski definition) is 1. The normalized spacial score (nSPS) is 35.2. The van der Waals surface area contributed by atoms with E-state index in [1.807, 2.05) is 0 Å². The monoisotopic (exact) mass is 278 g/mol. The number of likely N-dealkylation sites (N-methyl/N-ethyl adjacent to an activating group) is 1. The Bertz CT molecular complexity index is 284. The zero-order valence-electron chi connectivity index (χ0n) is 13.5. The largest absolute Gasteiger partial charge is 0.313 e. The summed E-state index contributed by atoms with van der Waals surface area (Å²) in [5, 5.41) is 3.76. The molecule has 2 aliphatic carbocycles. The average molecular weight is 278 g/mol. The third kappa shape index (κ3) is 3.22. The Morgan fingerprint density at radius 2 is 1.60 bits per heavy atom. The van der Waals surface area contributed by atoms with Gasteiger partial charge in [-0.3, -0.25) is 4.90 Å². The molecular formula is C18H34N2. The molecule has 2 unspecified atom stereocenters. The second kappa shape index (κ2) is 6.79. The Balaban J connectivity index is 1.56. The third-order valence-electron chi connectivity index (χ3n) is 6.44. The van der Waals surface area contributed by atoms with Crippen LogP contribution in [0.5, 0.6) is 0 Å². The standard InChI is InChI=1S/C18H34N2/c1-2-19-16-8-4-5-9-17(16)20-14-12-18(13-15-20)10-6-3-7-11-18/h16-17,19H,2-15H2,1H3. The summed E-state index contributed by atoms with van der Waals surface area (Å²) in [4.78, 5) is 2.85. The molecule has 1 heterocycles. The molecular weight excluding hydrogens is 244 g/mol. The van der Waals surface area contributed by atoms with Crippen LogP contribution in [0.25, 0.3) is 0 Å². The maximum absolute atomic E-state index is 3.76. The Hall–Kier alpha value is -0.0800. The lowest BCUT2D eigenvalue weighted by Gasteiger charge is -2.49. The predicted octanol–water partition coefficient (Wildman–Crippen LogP) is 3.95. The highest BCUT2D eigenvalue weighted by atomic mass is 15.2. The summed E-state index contributed by atoms with van der Waals surface area (Å²) >= 11 is 0. The van der Waals surface area contributed by atoms with Gasteiger partial charge >= 0.3 is 0 Å². The van der Waals surface area contributed by atoms with Crippen LogP contribution in [-0.4, -0.2) is 36.6 Å². The first-order chi connectivity index (χ1) is 9.83. The van der Waals surface area contributed by atoms with Crippen molar-refractivity contribution in [1.29, 1.82) is 0 Å². The van der Waals surface area contributed by atoms with Crippen LogP contribution in [-0.2, 0) is 0 Å². The fourth-order valence-electron chi connectivity index (χ4n) is 5.18. The molecule has 3 rings (SSSR count). The van der Waals surface area contributed by atoms with Gasteiger partial charge in [-0.2, -0.15) is 0 Å². The average Bonchev–Trinajstić information content (AvgIpc) is 2.50. The lowest BCUT2D eigenvalue weighted by atomic mass is 9.68. The van der Waals surface area contributed by atoms with E-state index in [0.29, 0.717) is 0 Å². The SMILES string of the molecule is CCNC1CCCCC1N1CCC2(CCCCC2)CC1. The molecule has 1 N–H and O–H groups in total. The van der Waals surface area contributed by atoms with E-state index in [4.69, 9.17) is 0 Å². The number of nitrogens with zero attached hydrogens (tertiary/aromatic N) is 1. The second-order valence-electron chi connectivity index (χ2n) is 7.61. The van der Waals surface area contributed by atoms with Crippen LogP contribution < -0.4 is 5.32 Å². The molecule has 0 aromatic rings. The van der Waals surface area contributed by atoms with Crippen molar-refractivity contribution in [3.63, 3.8) is 0 Å². The molecule has 2 saturated carbocycles. The van der Waals surface area contributed by atoms with Crippen LogP contribution in [0, 0.1) is 5.41 Å². The van der Waals surface area contributed by atoms with Gasteiger partial charge in [0, 0.05) is 12.1 Å². The molecule has 1 saturated heterocycles. The summed E-state index contributed by atoms with van der Waals surface area (Å²) in [6.45, 7) is 6.16. The number of likely N-dealkylation sites (tertiary alicyclic amines) is 1. The van der Waals surface area contributed by atoms with Gasteiger partial charge in [0.05, 0.1) is 0 Å². The highest BCUT2D eigenvalue weighted by Gasteiger charge is 2.39. The van der Waals surface area contributed by atoms with Crippen LogP contribution in [0.3, 0.4) is 0 Å². The predicted molar refractivity (Wildman–Crippen MR) is 86.0 cm³/mol. The molecule has 2 nitrogen and oxygen atoms in total. The summed E-state index contributed by atoms with van der Waals surface area (Å²) in [5.41, 5.74) is 0.761. The fourth-order valence-corrected chi connectivity index (χ4v) is 5.18. The molecule has 0 radical (unpaired) electrons. The van der Waals surface area contributed by atoms with Gasteiger partial charge in [-0.15, -0.1) is 0 Å². The van der Waals surface area contributed by atoms with E-state index in [0.717, 1.165) is 24.0 Å². The van der Waals surface area contributed by atoms with Gasteiger partial charge in [-0.25, -0.2) is 0 Å². The quantitative estimate of drug-likeness (QED) is 0.841. The molecule has 116 valence electrons. The van der Waals surface area contributed by atoms with Crippen molar-refractivity contribution in [1.82, 2.24) is 10.2 Å². The zero-order valence-corrected chi connectivity index (χ0v) is 13.5. The smallest absolute Gasteiger partial charge is 0.0249 e. The first-order valence-electron chi connectivity index (χ1n) is 9.30. The van der Waals surface area contributed by atoms with Crippen molar-refractivity contribution in [2.24, 2.45) is 5.41 Å². The van der Waals surface area contributed by atoms with Crippen LogP contribution >= 0.6 is 0 Å². The van der Waals surface area contributed by atoms with Gasteiger partial charge in [0.15, 0.2) is 0 Å². The van der Waals surface area contributed by atoms with Crippen molar-refractivity contribution in [3.05, 3.63) is 0 Å². The van der Waals surface area contributed by atoms with Crippen LogP contribution in [0.2, 0.25) is 0 Å². The maximum Gasteiger partial charge on any atom is 0.0249 e. The number of nitrogens with one attached hydrogen (secondary N) is 1. The molecule has 3 aliphatic rings. The zero-order chi connectivity index (χ0) is 13.8. The lowest BCUT2D eigenvalue weighted by Crippen LogP contribution is -2.55. The first kappa shape index (κ1) is 14.8. The molecule has 2 heteroatoms. The Morgan fingerprint density at radius 1 is 0.900 bits per heavy atom. The molecule has 0 amide bonds. The number of hydrogen-bond acceptors (Lipinski definition) is 2. The van der Waals surface area contributed by atoms with Crippen LogP contribution in [0.15, 0.2) is 0 Å². The lowest BCUT2D eigenvalue weighted by molar-refractivity contribution is 0.0246. The van der Waals surface area contributed by atoms with Crippen molar-refractivity contribution in [2.45, 2.75) is 89.6 Å². The van der Waals surface area contributed by atoms with E-state index < -0.39 is 0 Å². The van der Waals surface area contributed by atoms with Gasteiger partial charge in [-0.05, 0) is 63.6 Å². The summed E-state index contributed by atoms with van der Waals surface area (Å²) in [5.74, 6) is 0. The van der Waals surface area contributed by atoms with Crippen LogP contribution in [0.1, 0.15) is 77.6 Å². The van der Waals surface area contributed by atoms with E-state index in [9.17, 15) is 0 Å². The highest BCUT2D eigenvalue weighted by molar-refractivity contribution is 4.94. The van der Waals surface area contributed by atoms with Gasteiger partial charge in [0.1, 0.15) is 0 Å². The van der Waals surface area contributed by atoms with Crippen molar-refractivity contribution < 1.29 is 0 Å². The Morgan fingerprint density at radius 3 is 2.30 bits per heavy atom. The third-order valence-corrected chi connectivity index (χ3v) is 6.44.